The van der Waals surface area contributed by atoms with Crippen molar-refractivity contribution >= 4 is 17.2 Å². The average molecular weight is 333 g/mol. The van der Waals surface area contributed by atoms with Crippen molar-refractivity contribution in [1.82, 2.24) is 24.7 Å². The molecule has 23 heavy (non-hydrogen) atoms. The van der Waals surface area contributed by atoms with Crippen LogP contribution in [-0.2, 0) is 22.7 Å². The summed E-state index contributed by atoms with van der Waals surface area (Å²) in [5.74, 6) is -0.00169. The second-order valence-corrected chi connectivity index (χ2v) is 6.88. The van der Waals surface area contributed by atoms with E-state index >= 15 is 0 Å². The van der Waals surface area contributed by atoms with E-state index in [1.165, 1.54) is 9.94 Å². The first-order valence-electron chi connectivity index (χ1n) is 7.80. The number of hydrogen-bond acceptors (Lipinski definition) is 6. The minimum absolute atomic E-state index is 0.00169. The topological polar surface area (TPSA) is 63.5 Å². The Morgan fingerprint density at radius 3 is 3.17 bits per heavy atom. The number of aryl methyl sites for hydroxylation is 1. The number of rotatable bonds is 3. The van der Waals surface area contributed by atoms with Crippen LogP contribution >= 0.6 is 11.3 Å². The lowest BCUT2D eigenvalue weighted by molar-refractivity contribution is -0.174. The Kier molecular flexibility index (Phi) is 3.88. The third kappa shape index (κ3) is 2.77. The molecule has 0 spiro atoms. The minimum Gasteiger partial charge on any atom is -0.290 e. The molecule has 4 heterocycles. The molecule has 1 saturated heterocycles. The molecule has 2 aromatic heterocycles. The first-order valence-corrected chi connectivity index (χ1v) is 8.68. The zero-order valence-electron chi connectivity index (χ0n) is 13.0. The molecular formula is C15H19N5O2S. The predicted octanol–water partition coefficient (Wildman–Crippen LogP) is 1.37. The van der Waals surface area contributed by atoms with Crippen molar-refractivity contribution in [2.24, 2.45) is 0 Å². The highest BCUT2D eigenvalue weighted by Crippen LogP contribution is 2.26. The Labute approximate surface area is 138 Å². The Hall–Kier alpha value is -1.77. The van der Waals surface area contributed by atoms with Gasteiger partial charge in [0, 0.05) is 30.7 Å². The van der Waals surface area contributed by atoms with Crippen LogP contribution in [0.25, 0.3) is 0 Å². The summed E-state index contributed by atoms with van der Waals surface area (Å²) in [5, 5.41) is 5.85. The molecule has 122 valence electrons. The molecular weight excluding hydrogens is 314 g/mol. The number of aromatic nitrogens is 3. The third-order valence-electron chi connectivity index (χ3n) is 4.36. The molecule has 7 nitrogen and oxygen atoms in total. The molecule has 4 rings (SSSR count). The van der Waals surface area contributed by atoms with Crippen LogP contribution in [0, 0.1) is 6.92 Å². The molecule has 0 aliphatic carbocycles. The summed E-state index contributed by atoms with van der Waals surface area (Å²) >= 11 is 1.67. The summed E-state index contributed by atoms with van der Waals surface area (Å²) in [4.78, 5) is 26.1. The second kappa shape index (κ2) is 6.03. The highest BCUT2D eigenvalue weighted by Gasteiger charge is 2.35. The molecule has 2 aliphatic heterocycles. The molecule has 0 saturated carbocycles. The van der Waals surface area contributed by atoms with Gasteiger partial charge in [-0.1, -0.05) is 0 Å². The maximum absolute atomic E-state index is 12.8. The molecule has 1 fully saturated rings. The van der Waals surface area contributed by atoms with Gasteiger partial charge in [0.15, 0.2) is 0 Å². The van der Waals surface area contributed by atoms with Gasteiger partial charge in [0.05, 0.1) is 30.1 Å². The standard InChI is InChI=1S/C15H19N5O2S/c1-11-14(23-10-16-11)9-18-7-12-3-4-17-20(12)13(8-18)15(21)19-5-2-6-22-19/h3-4,10,13H,2,5-9H2,1H3. The van der Waals surface area contributed by atoms with Crippen LogP contribution in [0.3, 0.4) is 0 Å². The Morgan fingerprint density at radius 1 is 1.52 bits per heavy atom. The van der Waals surface area contributed by atoms with Gasteiger partial charge >= 0.3 is 0 Å². The van der Waals surface area contributed by atoms with E-state index in [1.807, 2.05) is 23.2 Å². The van der Waals surface area contributed by atoms with Crippen molar-refractivity contribution in [2.45, 2.75) is 32.5 Å². The number of carbonyl (C=O) groups excluding carboxylic acids is 1. The number of thiazole rings is 1. The van der Waals surface area contributed by atoms with Crippen molar-refractivity contribution in [3.05, 3.63) is 34.0 Å². The van der Waals surface area contributed by atoms with E-state index in [0.717, 1.165) is 30.9 Å². The molecule has 2 aromatic rings. The quantitative estimate of drug-likeness (QED) is 0.849. The molecule has 1 unspecified atom stereocenters. The van der Waals surface area contributed by atoms with Crippen molar-refractivity contribution in [3.8, 4) is 0 Å². The summed E-state index contributed by atoms with van der Waals surface area (Å²) in [6.45, 7) is 5.56. The van der Waals surface area contributed by atoms with Gasteiger partial charge in [-0.2, -0.15) is 5.10 Å². The Balaban J connectivity index is 1.56. The summed E-state index contributed by atoms with van der Waals surface area (Å²) in [6.07, 6.45) is 2.66. The lowest BCUT2D eigenvalue weighted by Gasteiger charge is -2.34. The highest BCUT2D eigenvalue weighted by atomic mass is 32.1. The fraction of sp³-hybridized carbons (Fsp3) is 0.533. The first-order chi connectivity index (χ1) is 11.2. The Bertz CT molecular complexity index is 706. The first kappa shape index (κ1) is 14.8. The van der Waals surface area contributed by atoms with Crippen LogP contribution in [0.2, 0.25) is 0 Å². The highest BCUT2D eigenvalue weighted by molar-refractivity contribution is 7.09. The van der Waals surface area contributed by atoms with Crippen molar-refractivity contribution < 1.29 is 9.63 Å². The molecule has 0 radical (unpaired) electrons. The minimum atomic E-state index is -0.319. The van der Waals surface area contributed by atoms with Gasteiger partial charge in [-0.05, 0) is 19.4 Å². The van der Waals surface area contributed by atoms with E-state index in [4.69, 9.17) is 4.84 Å². The lowest BCUT2D eigenvalue weighted by Crippen LogP contribution is -2.45. The van der Waals surface area contributed by atoms with Crippen molar-refractivity contribution in [3.63, 3.8) is 0 Å². The zero-order chi connectivity index (χ0) is 15.8. The van der Waals surface area contributed by atoms with Crippen LogP contribution in [-0.4, -0.2) is 50.3 Å². The van der Waals surface area contributed by atoms with Gasteiger partial charge in [0.1, 0.15) is 6.04 Å². The number of amides is 1. The number of carbonyl (C=O) groups is 1. The van der Waals surface area contributed by atoms with Crippen molar-refractivity contribution in [1.29, 1.82) is 0 Å². The summed E-state index contributed by atoms with van der Waals surface area (Å²) < 4.78 is 1.85. The van der Waals surface area contributed by atoms with Gasteiger partial charge < -0.3 is 0 Å². The lowest BCUT2D eigenvalue weighted by atomic mass is 10.1. The fourth-order valence-electron chi connectivity index (χ4n) is 3.13. The van der Waals surface area contributed by atoms with Gasteiger partial charge in [0.25, 0.3) is 5.91 Å². The van der Waals surface area contributed by atoms with Crippen molar-refractivity contribution in [2.75, 3.05) is 19.7 Å². The van der Waals surface area contributed by atoms with Crippen LogP contribution in [0.1, 0.15) is 28.7 Å². The van der Waals surface area contributed by atoms with E-state index in [0.29, 0.717) is 19.7 Å². The van der Waals surface area contributed by atoms with Crippen LogP contribution in [0.15, 0.2) is 17.8 Å². The SMILES string of the molecule is Cc1ncsc1CN1Cc2ccnn2C(C(=O)N2CCCO2)C1. The molecule has 8 heteroatoms. The van der Waals surface area contributed by atoms with E-state index in [9.17, 15) is 4.79 Å². The molecule has 1 amide bonds. The molecule has 2 aliphatic rings. The van der Waals surface area contributed by atoms with Crippen LogP contribution < -0.4 is 0 Å². The Morgan fingerprint density at radius 2 is 2.43 bits per heavy atom. The number of hydrogen-bond donors (Lipinski definition) is 0. The van der Waals surface area contributed by atoms with E-state index in [1.54, 1.807) is 17.5 Å². The van der Waals surface area contributed by atoms with E-state index in [-0.39, 0.29) is 11.9 Å². The summed E-state index contributed by atoms with van der Waals surface area (Å²) in [7, 11) is 0. The smallest absolute Gasteiger partial charge is 0.272 e. The molecule has 0 aromatic carbocycles. The number of nitrogens with zero attached hydrogens (tertiary/aromatic N) is 5. The third-order valence-corrected chi connectivity index (χ3v) is 5.28. The summed E-state index contributed by atoms with van der Waals surface area (Å²) in [5.41, 5.74) is 4.01. The maximum atomic E-state index is 12.8. The van der Waals surface area contributed by atoms with Gasteiger partial charge in [-0.15, -0.1) is 11.3 Å². The molecule has 0 bridgehead atoms. The van der Waals surface area contributed by atoms with E-state index < -0.39 is 0 Å². The fourth-order valence-corrected chi connectivity index (χ4v) is 3.95. The normalized spacial score (nSPS) is 21.6. The predicted molar refractivity (Wildman–Crippen MR) is 84.5 cm³/mol. The van der Waals surface area contributed by atoms with Crippen LogP contribution in [0.4, 0.5) is 0 Å². The number of fused-ring (bicyclic) bond motifs is 1. The van der Waals surface area contributed by atoms with Gasteiger partial charge in [-0.25, -0.2) is 10.0 Å². The molecule has 0 N–H and O–H groups in total. The number of hydroxylamine groups is 2. The zero-order valence-corrected chi connectivity index (χ0v) is 13.8. The summed E-state index contributed by atoms with van der Waals surface area (Å²) in [6, 6.07) is 1.66. The van der Waals surface area contributed by atoms with E-state index in [2.05, 4.69) is 15.0 Å². The monoisotopic (exact) mass is 333 g/mol. The second-order valence-electron chi connectivity index (χ2n) is 5.94. The largest absolute Gasteiger partial charge is 0.290 e. The molecule has 1 atom stereocenters. The average Bonchev–Trinajstić information content (AvgIpc) is 3.28. The van der Waals surface area contributed by atoms with Gasteiger partial charge in [0.2, 0.25) is 0 Å². The maximum Gasteiger partial charge on any atom is 0.272 e. The van der Waals surface area contributed by atoms with Gasteiger partial charge in [-0.3, -0.25) is 19.2 Å². The van der Waals surface area contributed by atoms with Crippen LogP contribution in [0.5, 0.6) is 0 Å².